The number of aromatic nitrogens is 1. The Labute approximate surface area is 145 Å². The first-order chi connectivity index (χ1) is 11.2. The van der Waals surface area contributed by atoms with E-state index >= 15 is 0 Å². The maximum Gasteiger partial charge on any atom is 0.408 e. The van der Waals surface area contributed by atoms with Crippen LogP contribution < -0.4 is 5.32 Å². The number of fused-ring (bicyclic) bond motifs is 2. The molecule has 1 aromatic rings. The summed E-state index contributed by atoms with van der Waals surface area (Å²) in [5.74, 6) is 0. The van der Waals surface area contributed by atoms with E-state index in [1.165, 1.54) is 11.3 Å². The van der Waals surface area contributed by atoms with E-state index in [-0.39, 0.29) is 12.1 Å². The van der Waals surface area contributed by atoms with Gasteiger partial charge in [-0.25, -0.2) is 14.6 Å². The van der Waals surface area contributed by atoms with Crippen LogP contribution in [0.3, 0.4) is 0 Å². The molecule has 1 aromatic heterocycles. The smallest absolute Gasteiger partial charge is 0.408 e. The quantitative estimate of drug-likeness (QED) is 0.908. The second-order valence-electron chi connectivity index (χ2n) is 6.95. The number of carbonyl (C=O) groups excluding carboxylic acids is 2. The molecule has 3 amide bonds. The summed E-state index contributed by atoms with van der Waals surface area (Å²) in [7, 11) is 1.83. The van der Waals surface area contributed by atoms with E-state index in [1.807, 2.05) is 38.9 Å². The van der Waals surface area contributed by atoms with Crippen molar-refractivity contribution in [3.05, 3.63) is 22.2 Å². The summed E-state index contributed by atoms with van der Waals surface area (Å²) in [6.45, 7) is 7.17. The minimum absolute atomic E-state index is 0.0718. The zero-order chi connectivity index (χ0) is 17.5. The molecule has 0 saturated carbocycles. The van der Waals surface area contributed by atoms with Gasteiger partial charge in [0.2, 0.25) is 0 Å². The van der Waals surface area contributed by atoms with Gasteiger partial charge in [-0.2, -0.15) is 0 Å². The van der Waals surface area contributed by atoms with Gasteiger partial charge in [-0.05, 0) is 26.3 Å². The minimum Gasteiger partial charge on any atom is -0.444 e. The van der Waals surface area contributed by atoms with Crippen LogP contribution >= 0.6 is 11.3 Å². The Hall–Kier alpha value is -2.09. The van der Waals surface area contributed by atoms with Crippen molar-refractivity contribution in [2.45, 2.75) is 39.0 Å². The number of carbonyl (C=O) groups is 2. The highest BCUT2D eigenvalue weighted by molar-refractivity contribution is 7.12. The van der Waals surface area contributed by atoms with Gasteiger partial charge in [0.05, 0.1) is 17.5 Å². The third kappa shape index (κ3) is 3.38. The van der Waals surface area contributed by atoms with Gasteiger partial charge in [0.25, 0.3) is 0 Å². The number of nitrogens with one attached hydrogen (secondary N) is 1. The summed E-state index contributed by atoms with van der Waals surface area (Å²) in [5.41, 5.74) is 0.622. The molecule has 2 bridgehead atoms. The van der Waals surface area contributed by atoms with Crippen molar-refractivity contribution in [3.63, 3.8) is 0 Å². The average molecular weight is 350 g/mol. The summed E-state index contributed by atoms with van der Waals surface area (Å²) in [6.07, 6.45) is 3.45. The second-order valence-corrected chi connectivity index (χ2v) is 8.06. The molecular weight excluding hydrogens is 328 g/mol. The van der Waals surface area contributed by atoms with Crippen LogP contribution in [0.15, 0.2) is 12.3 Å². The first-order valence-electron chi connectivity index (χ1n) is 7.88. The van der Waals surface area contributed by atoms with E-state index in [4.69, 9.17) is 4.74 Å². The molecule has 1 unspecified atom stereocenters. The summed E-state index contributed by atoms with van der Waals surface area (Å²) < 4.78 is 5.21. The van der Waals surface area contributed by atoms with Gasteiger partial charge in [-0.1, -0.05) is 6.08 Å². The fraction of sp³-hybridized carbons (Fsp3) is 0.562. The predicted octanol–water partition coefficient (Wildman–Crippen LogP) is 2.30. The summed E-state index contributed by atoms with van der Waals surface area (Å²) in [6, 6.07) is 0.154. The number of rotatable bonds is 3. The normalized spacial score (nSPS) is 20.2. The molecule has 3 heterocycles. The number of ether oxygens (including phenoxy) is 1. The molecule has 3 rings (SSSR count). The number of urea groups is 1. The number of thiazole rings is 1. The molecular formula is C16H22N4O3S. The second kappa shape index (κ2) is 6.08. The highest BCUT2D eigenvalue weighted by Crippen LogP contribution is 2.34. The Bertz CT molecular complexity index is 692. The third-order valence-corrected chi connectivity index (χ3v) is 4.99. The molecule has 0 aromatic carbocycles. The first kappa shape index (κ1) is 16.8. The highest BCUT2D eigenvalue weighted by atomic mass is 32.1. The van der Waals surface area contributed by atoms with Crippen molar-refractivity contribution in [1.82, 2.24) is 20.1 Å². The lowest BCUT2D eigenvalue weighted by Crippen LogP contribution is -2.32. The number of alkyl carbamates (subject to hydrolysis) is 1. The van der Waals surface area contributed by atoms with E-state index in [1.54, 1.807) is 4.90 Å². The summed E-state index contributed by atoms with van der Waals surface area (Å²) in [5, 5.41) is 3.53. The van der Waals surface area contributed by atoms with Gasteiger partial charge in [-0.15, -0.1) is 11.3 Å². The Morgan fingerprint density at radius 1 is 1.50 bits per heavy atom. The van der Waals surface area contributed by atoms with Crippen molar-refractivity contribution < 1.29 is 14.3 Å². The maximum absolute atomic E-state index is 12.0. The van der Waals surface area contributed by atoms with Gasteiger partial charge in [0.1, 0.15) is 10.6 Å². The number of hydrogen-bond donors (Lipinski definition) is 1. The molecule has 2 aliphatic rings. The molecule has 2 aliphatic heterocycles. The van der Waals surface area contributed by atoms with E-state index < -0.39 is 11.7 Å². The van der Waals surface area contributed by atoms with Gasteiger partial charge in [0, 0.05) is 26.3 Å². The molecule has 1 N–H and O–H groups in total. The van der Waals surface area contributed by atoms with Crippen molar-refractivity contribution in [3.8, 4) is 0 Å². The Morgan fingerprint density at radius 2 is 2.25 bits per heavy atom. The van der Waals surface area contributed by atoms with Crippen molar-refractivity contribution in [2.75, 3.05) is 20.1 Å². The van der Waals surface area contributed by atoms with Crippen LogP contribution in [0, 0.1) is 0 Å². The van der Waals surface area contributed by atoms with Crippen molar-refractivity contribution in [2.24, 2.45) is 0 Å². The molecule has 0 spiro atoms. The van der Waals surface area contributed by atoms with Gasteiger partial charge >= 0.3 is 12.1 Å². The van der Waals surface area contributed by atoms with Gasteiger partial charge in [-0.3, -0.25) is 0 Å². The summed E-state index contributed by atoms with van der Waals surface area (Å²) >= 11 is 1.53. The average Bonchev–Trinajstić information content (AvgIpc) is 3.05. The van der Waals surface area contributed by atoms with Crippen molar-refractivity contribution in [1.29, 1.82) is 0 Å². The molecule has 1 atom stereocenters. The standard InChI is InChI=1S/C16H22N4O3S/c1-16(2,3)23-14(21)18-8-13-17-7-12(24-13)10-5-6-20-9-11(10)19(4)15(20)22/h5,7,11H,6,8-9H2,1-4H3,(H,18,21). The fourth-order valence-electron chi connectivity index (χ4n) is 2.82. The first-order valence-corrected chi connectivity index (χ1v) is 8.70. The molecule has 0 radical (unpaired) electrons. The number of nitrogens with zero attached hydrogens (tertiary/aromatic N) is 3. The van der Waals surface area contributed by atoms with Crippen LogP contribution in [0.1, 0.15) is 30.7 Å². The van der Waals surface area contributed by atoms with Crippen LogP contribution in [0.4, 0.5) is 9.59 Å². The van der Waals surface area contributed by atoms with Crippen LogP contribution in [-0.2, 0) is 11.3 Å². The lowest BCUT2D eigenvalue weighted by atomic mass is 10.0. The summed E-state index contributed by atoms with van der Waals surface area (Å²) in [4.78, 5) is 32.7. The fourth-order valence-corrected chi connectivity index (χ4v) is 3.77. The molecule has 1 fully saturated rings. The molecule has 8 heteroatoms. The Morgan fingerprint density at radius 3 is 2.96 bits per heavy atom. The highest BCUT2D eigenvalue weighted by Gasteiger charge is 2.39. The number of hydrogen-bond acceptors (Lipinski definition) is 5. The molecule has 7 nitrogen and oxygen atoms in total. The Kier molecular flexibility index (Phi) is 4.25. The molecule has 1 saturated heterocycles. The minimum atomic E-state index is -0.517. The lowest BCUT2D eigenvalue weighted by Gasteiger charge is -2.22. The van der Waals surface area contributed by atoms with Crippen LogP contribution in [0.25, 0.3) is 5.57 Å². The predicted molar refractivity (Wildman–Crippen MR) is 91.7 cm³/mol. The monoisotopic (exact) mass is 350 g/mol. The van der Waals surface area contributed by atoms with Crippen LogP contribution in [0.5, 0.6) is 0 Å². The number of amides is 3. The van der Waals surface area contributed by atoms with Crippen LogP contribution in [-0.4, -0.2) is 58.7 Å². The molecule has 0 aliphatic carbocycles. The van der Waals surface area contributed by atoms with Crippen molar-refractivity contribution >= 4 is 29.0 Å². The Balaban J connectivity index is 1.63. The molecule has 24 heavy (non-hydrogen) atoms. The topological polar surface area (TPSA) is 74.8 Å². The van der Waals surface area contributed by atoms with Gasteiger partial charge in [0.15, 0.2) is 0 Å². The zero-order valence-corrected chi connectivity index (χ0v) is 15.1. The van der Waals surface area contributed by atoms with E-state index in [0.29, 0.717) is 13.1 Å². The van der Waals surface area contributed by atoms with E-state index in [0.717, 1.165) is 22.0 Å². The van der Waals surface area contributed by atoms with E-state index in [2.05, 4.69) is 16.4 Å². The number of likely N-dealkylation sites (N-methyl/N-ethyl adjacent to an activating group) is 1. The van der Waals surface area contributed by atoms with E-state index in [9.17, 15) is 9.59 Å². The lowest BCUT2D eigenvalue weighted by molar-refractivity contribution is 0.0523. The molecule has 130 valence electrons. The maximum atomic E-state index is 12.0. The third-order valence-electron chi connectivity index (χ3n) is 3.94. The van der Waals surface area contributed by atoms with Crippen LogP contribution in [0.2, 0.25) is 0 Å². The van der Waals surface area contributed by atoms with Gasteiger partial charge < -0.3 is 19.9 Å². The zero-order valence-electron chi connectivity index (χ0n) is 14.3. The SMILES string of the molecule is CN1C(=O)N2CC=C(c3cnc(CNC(=O)OC(C)(C)C)s3)C1C2. The largest absolute Gasteiger partial charge is 0.444 e.